The van der Waals surface area contributed by atoms with E-state index in [9.17, 15) is 4.79 Å². The van der Waals surface area contributed by atoms with Gasteiger partial charge in [0.2, 0.25) is 5.91 Å². The summed E-state index contributed by atoms with van der Waals surface area (Å²) in [6.45, 7) is 8.59. The number of fused-ring (bicyclic) bond motifs is 1. The van der Waals surface area contributed by atoms with Crippen molar-refractivity contribution in [3.63, 3.8) is 0 Å². The Kier molecular flexibility index (Phi) is 4.06. The normalized spacial score (nSPS) is 18.9. The summed E-state index contributed by atoms with van der Waals surface area (Å²) >= 11 is 0. The Balaban J connectivity index is 1.74. The van der Waals surface area contributed by atoms with Crippen molar-refractivity contribution in [2.75, 3.05) is 19.6 Å². The fourth-order valence-electron chi connectivity index (χ4n) is 3.10. The minimum atomic E-state index is 0.214. The van der Waals surface area contributed by atoms with Crippen molar-refractivity contribution in [1.29, 1.82) is 0 Å². The van der Waals surface area contributed by atoms with Crippen molar-refractivity contribution >= 4 is 11.7 Å². The van der Waals surface area contributed by atoms with Gasteiger partial charge < -0.3 is 10.2 Å². The smallest absolute Gasteiger partial charge is 0.252 e. The van der Waals surface area contributed by atoms with E-state index in [2.05, 4.69) is 27.3 Å². The number of hydrogen-bond donors (Lipinski definition) is 1. The summed E-state index contributed by atoms with van der Waals surface area (Å²) in [6, 6.07) is 0.263. The number of rotatable bonds is 3. The summed E-state index contributed by atoms with van der Waals surface area (Å²) in [5.74, 6) is 0.826. The van der Waals surface area contributed by atoms with Crippen LogP contribution in [0.15, 0.2) is 6.33 Å². The molecule has 2 aromatic rings. The Morgan fingerprint density at radius 3 is 3.05 bits per heavy atom. The molecule has 1 aliphatic rings. The van der Waals surface area contributed by atoms with Gasteiger partial charge in [0.1, 0.15) is 6.33 Å². The van der Waals surface area contributed by atoms with E-state index >= 15 is 0 Å². The highest BCUT2D eigenvalue weighted by Gasteiger charge is 2.23. The van der Waals surface area contributed by atoms with Crippen LogP contribution in [0.3, 0.4) is 0 Å². The number of piperazine rings is 1. The van der Waals surface area contributed by atoms with E-state index in [1.165, 1.54) is 6.33 Å². The molecule has 0 spiro atoms. The number of carbonyl (C=O) groups is 1. The van der Waals surface area contributed by atoms with E-state index in [4.69, 9.17) is 0 Å². The molecule has 1 aliphatic heterocycles. The summed E-state index contributed by atoms with van der Waals surface area (Å²) in [6.07, 6.45) is 2.70. The van der Waals surface area contributed by atoms with Gasteiger partial charge in [0.05, 0.1) is 0 Å². The average molecular weight is 302 g/mol. The maximum absolute atomic E-state index is 12.5. The second-order valence-corrected chi connectivity index (χ2v) is 5.87. The first-order chi connectivity index (χ1) is 10.6. The average Bonchev–Trinajstić information content (AvgIpc) is 2.95. The Morgan fingerprint density at radius 2 is 2.27 bits per heavy atom. The van der Waals surface area contributed by atoms with Crippen LogP contribution in [0.25, 0.3) is 5.78 Å². The molecule has 1 unspecified atom stereocenters. The third kappa shape index (κ3) is 2.68. The quantitative estimate of drug-likeness (QED) is 0.893. The van der Waals surface area contributed by atoms with Crippen LogP contribution < -0.4 is 5.32 Å². The van der Waals surface area contributed by atoms with Gasteiger partial charge in [0.15, 0.2) is 0 Å². The van der Waals surface area contributed by atoms with Crippen LogP contribution in [0.4, 0.5) is 0 Å². The Morgan fingerprint density at radius 1 is 1.45 bits per heavy atom. The van der Waals surface area contributed by atoms with Crippen molar-refractivity contribution in [1.82, 2.24) is 29.8 Å². The molecular formula is C15H22N6O. The van der Waals surface area contributed by atoms with E-state index in [0.29, 0.717) is 18.6 Å². The molecule has 0 aromatic carbocycles. The predicted molar refractivity (Wildman–Crippen MR) is 82.6 cm³/mol. The highest BCUT2D eigenvalue weighted by Crippen LogP contribution is 2.16. The first-order valence-corrected chi connectivity index (χ1v) is 7.74. The number of nitrogens with zero attached hydrogens (tertiary/aromatic N) is 5. The number of carbonyl (C=O) groups excluding carboxylic acids is 1. The lowest BCUT2D eigenvalue weighted by Gasteiger charge is -2.34. The number of amides is 1. The zero-order valence-electron chi connectivity index (χ0n) is 13.3. The first-order valence-electron chi connectivity index (χ1n) is 7.74. The van der Waals surface area contributed by atoms with Crippen LogP contribution >= 0.6 is 0 Å². The monoisotopic (exact) mass is 302 g/mol. The minimum Gasteiger partial charge on any atom is -0.337 e. The van der Waals surface area contributed by atoms with Crippen LogP contribution in [0.2, 0.25) is 0 Å². The summed E-state index contributed by atoms with van der Waals surface area (Å²) in [5, 5.41) is 7.49. The number of nitrogens with one attached hydrogen (secondary N) is 1. The zero-order valence-corrected chi connectivity index (χ0v) is 13.3. The van der Waals surface area contributed by atoms with Crippen molar-refractivity contribution in [3.8, 4) is 0 Å². The molecular weight excluding hydrogens is 280 g/mol. The zero-order chi connectivity index (χ0) is 15.7. The maximum atomic E-state index is 12.5. The van der Waals surface area contributed by atoms with E-state index in [1.54, 1.807) is 4.52 Å². The van der Waals surface area contributed by atoms with Crippen LogP contribution in [-0.2, 0) is 11.2 Å². The Hall–Kier alpha value is -2.02. The molecule has 1 fully saturated rings. The van der Waals surface area contributed by atoms with Gasteiger partial charge in [-0.1, -0.05) is 0 Å². The van der Waals surface area contributed by atoms with Crippen molar-refractivity contribution in [2.45, 2.75) is 39.7 Å². The van der Waals surface area contributed by atoms with E-state index < -0.39 is 0 Å². The number of aryl methyl sites for hydroxylation is 2. The van der Waals surface area contributed by atoms with Crippen LogP contribution in [0, 0.1) is 13.8 Å². The number of aromatic nitrogens is 4. The molecule has 118 valence electrons. The van der Waals surface area contributed by atoms with Gasteiger partial charge in [0, 0.05) is 43.5 Å². The lowest BCUT2D eigenvalue weighted by Crippen LogP contribution is -2.52. The van der Waals surface area contributed by atoms with Crippen LogP contribution in [0.1, 0.15) is 30.3 Å². The van der Waals surface area contributed by atoms with Gasteiger partial charge in [-0.25, -0.2) is 9.50 Å². The first kappa shape index (κ1) is 14.9. The van der Waals surface area contributed by atoms with Gasteiger partial charge in [0.25, 0.3) is 5.78 Å². The van der Waals surface area contributed by atoms with Crippen molar-refractivity contribution < 1.29 is 4.79 Å². The fourth-order valence-corrected chi connectivity index (χ4v) is 3.10. The third-order valence-electron chi connectivity index (χ3n) is 4.40. The van der Waals surface area contributed by atoms with E-state index in [-0.39, 0.29) is 11.9 Å². The number of hydrogen-bond acceptors (Lipinski definition) is 5. The fraction of sp³-hybridized carbons (Fsp3) is 0.600. The minimum absolute atomic E-state index is 0.214. The summed E-state index contributed by atoms with van der Waals surface area (Å²) in [7, 11) is 0. The second kappa shape index (κ2) is 6.00. The highest BCUT2D eigenvalue weighted by atomic mass is 16.2. The topological polar surface area (TPSA) is 75.4 Å². The molecule has 3 heterocycles. The van der Waals surface area contributed by atoms with Crippen molar-refractivity contribution in [3.05, 3.63) is 23.3 Å². The molecule has 1 N–H and O–H groups in total. The molecule has 1 saturated heterocycles. The second-order valence-electron chi connectivity index (χ2n) is 5.87. The molecule has 1 atom stereocenters. The molecule has 0 saturated carbocycles. The van der Waals surface area contributed by atoms with Crippen LogP contribution in [0.5, 0.6) is 0 Å². The molecule has 3 rings (SSSR count). The summed E-state index contributed by atoms with van der Waals surface area (Å²) in [4.78, 5) is 23.0. The predicted octanol–water partition coefficient (Wildman–Crippen LogP) is 0.494. The maximum Gasteiger partial charge on any atom is 0.252 e. The van der Waals surface area contributed by atoms with Crippen LogP contribution in [-0.4, -0.2) is 56.1 Å². The molecule has 1 amide bonds. The highest BCUT2D eigenvalue weighted by molar-refractivity contribution is 5.77. The third-order valence-corrected chi connectivity index (χ3v) is 4.40. The van der Waals surface area contributed by atoms with Gasteiger partial charge in [-0.3, -0.25) is 4.79 Å². The molecule has 7 heteroatoms. The molecule has 22 heavy (non-hydrogen) atoms. The lowest BCUT2D eigenvalue weighted by atomic mass is 10.1. The Labute approximate surface area is 129 Å². The molecule has 2 aromatic heterocycles. The molecule has 0 bridgehead atoms. The molecule has 0 radical (unpaired) electrons. The Bertz CT molecular complexity index is 695. The SMILES string of the molecule is Cc1nc2ncnn2c(C)c1CCC(=O)N1CCNCC1C. The van der Waals surface area contributed by atoms with Crippen molar-refractivity contribution in [2.24, 2.45) is 0 Å². The molecule has 0 aliphatic carbocycles. The van der Waals surface area contributed by atoms with Gasteiger partial charge in [-0.2, -0.15) is 10.1 Å². The largest absolute Gasteiger partial charge is 0.337 e. The van der Waals surface area contributed by atoms with Gasteiger partial charge >= 0.3 is 0 Å². The van der Waals surface area contributed by atoms with E-state index in [0.717, 1.165) is 36.6 Å². The van der Waals surface area contributed by atoms with Gasteiger partial charge in [-0.15, -0.1) is 0 Å². The van der Waals surface area contributed by atoms with Gasteiger partial charge in [-0.05, 0) is 32.8 Å². The standard InChI is InChI=1S/C15H22N6O/c1-10-8-16-6-7-20(10)14(22)5-4-13-11(2)19-15-17-9-18-21(15)12(13)3/h9-10,16H,4-8H2,1-3H3. The lowest BCUT2D eigenvalue weighted by molar-refractivity contribution is -0.133. The van der Waals surface area contributed by atoms with E-state index in [1.807, 2.05) is 18.7 Å². The summed E-state index contributed by atoms with van der Waals surface area (Å²) in [5.41, 5.74) is 3.04. The summed E-state index contributed by atoms with van der Waals surface area (Å²) < 4.78 is 1.74. The molecule has 7 nitrogen and oxygen atoms in total.